The lowest BCUT2D eigenvalue weighted by atomic mass is 10.1. The van der Waals surface area contributed by atoms with Crippen LogP contribution in [-0.2, 0) is 14.4 Å². The van der Waals surface area contributed by atoms with Gasteiger partial charge in [-0.05, 0) is 36.4 Å². The smallest absolute Gasteiger partial charge is 0.249 e. The Morgan fingerprint density at radius 3 is 2.25 bits per heavy atom. The molecular weight excluding hydrogens is 410 g/mol. The third kappa shape index (κ3) is 5.20. The first-order valence-electron chi connectivity index (χ1n) is 10.4. The van der Waals surface area contributed by atoms with E-state index in [1.54, 1.807) is 30.5 Å². The van der Waals surface area contributed by atoms with E-state index in [1.807, 2.05) is 23.1 Å². The van der Waals surface area contributed by atoms with Gasteiger partial charge in [0, 0.05) is 50.7 Å². The van der Waals surface area contributed by atoms with Crippen LogP contribution >= 0.6 is 0 Å². The van der Waals surface area contributed by atoms with Gasteiger partial charge in [-0.2, -0.15) is 0 Å². The van der Waals surface area contributed by atoms with Gasteiger partial charge in [0.1, 0.15) is 11.9 Å². The van der Waals surface area contributed by atoms with Crippen LogP contribution in [0, 0.1) is 0 Å². The summed E-state index contributed by atoms with van der Waals surface area (Å²) in [6, 6.07) is 11.8. The van der Waals surface area contributed by atoms with Crippen molar-refractivity contribution in [2.75, 3.05) is 41.7 Å². The van der Waals surface area contributed by atoms with Crippen LogP contribution in [0.2, 0.25) is 0 Å². The zero-order valence-electron chi connectivity index (χ0n) is 17.7. The Labute approximate surface area is 185 Å². The standard InChI is InChI=1S/C22H25N7O3/c1-15(30)24-16-5-7-17(8-6-16)25-21(32)18-14-20(31)27-22(26-18)29-12-10-28(11-13-29)19-4-2-3-9-23-19/h2-9,18H,10-14H2,1H3,(H,24,30)(H,25,32)(H,26,27,31)/t18-/m1/s1. The third-order valence-corrected chi connectivity index (χ3v) is 5.24. The van der Waals surface area contributed by atoms with E-state index in [1.165, 1.54) is 6.92 Å². The second-order valence-electron chi connectivity index (χ2n) is 7.63. The number of piperazine rings is 1. The van der Waals surface area contributed by atoms with Gasteiger partial charge in [-0.1, -0.05) is 6.07 Å². The first kappa shape index (κ1) is 21.3. The second kappa shape index (κ2) is 9.46. The van der Waals surface area contributed by atoms with E-state index in [0.717, 1.165) is 18.9 Å². The molecule has 1 saturated heterocycles. The average Bonchev–Trinajstić information content (AvgIpc) is 2.80. The summed E-state index contributed by atoms with van der Waals surface area (Å²) in [5, 5.41) is 8.26. The van der Waals surface area contributed by atoms with E-state index in [-0.39, 0.29) is 24.1 Å². The molecule has 3 amide bonds. The number of carbonyl (C=O) groups is 3. The maximum absolute atomic E-state index is 12.7. The predicted octanol–water partition coefficient (Wildman–Crippen LogP) is 1.05. The Morgan fingerprint density at radius 1 is 0.969 bits per heavy atom. The maximum Gasteiger partial charge on any atom is 0.249 e. The number of amides is 3. The first-order chi connectivity index (χ1) is 15.5. The van der Waals surface area contributed by atoms with Gasteiger partial charge in [-0.3, -0.25) is 19.7 Å². The molecule has 0 bridgehead atoms. The normalized spacial score (nSPS) is 18.5. The van der Waals surface area contributed by atoms with Crippen molar-refractivity contribution in [1.29, 1.82) is 0 Å². The van der Waals surface area contributed by atoms with Crippen LogP contribution in [0.15, 0.2) is 53.7 Å². The number of benzene rings is 1. The fourth-order valence-electron chi connectivity index (χ4n) is 3.64. The number of aliphatic imine (C=N–C) groups is 1. The zero-order chi connectivity index (χ0) is 22.5. The lowest BCUT2D eigenvalue weighted by molar-refractivity contribution is -0.125. The third-order valence-electron chi connectivity index (χ3n) is 5.24. The molecule has 4 rings (SSSR count). The number of nitrogens with one attached hydrogen (secondary N) is 3. The molecule has 10 nitrogen and oxygen atoms in total. The molecule has 3 N–H and O–H groups in total. The molecule has 2 aromatic rings. The predicted molar refractivity (Wildman–Crippen MR) is 121 cm³/mol. The van der Waals surface area contributed by atoms with Crippen molar-refractivity contribution in [1.82, 2.24) is 15.2 Å². The number of hydrogen-bond acceptors (Lipinski definition) is 7. The van der Waals surface area contributed by atoms with Crippen molar-refractivity contribution in [2.24, 2.45) is 4.99 Å². The summed E-state index contributed by atoms with van der Waals surface area (Å²) >= 11 is 0. The quantitative estimate of drug-likeness (QED) is 0.660. The zero-order valence-corrected chi connectivity index (χ0v) is 17.7. The summed E-state index contributed by atoms with van der Waals surface area (Å²) < 4.78 is 0. The van der Waals surface area contributed by atoms with Gasteiger partial charge < -0.3 is 20.4 Å². The number of hydrogen-bond donors (Lipinski definition) is 3. The van der Waals surface area contributed by atoms with Crippen LogP contribution in [0.5, 0.6) is 0 Å². The number of nitrogens with zero attached hydrogens (tertiary/aromatic N) is 4. The maximum atomic E-state index is 12.7. The van der Waals surface area contributed by atoms with E-state index < -0.39 is 6.04 Å². The van der Waals surface area contributed by atoms with Gasteiger partial charge in [-0.25, -0.2) is 9.98 Å². The molecule has 2 aliphatic rings. The minimum Gasteiger partial charge on any atom is -0.353 e. The number of anilines is 3. The number of aromatic nitrogens is 1. The number of guanidine groups is 1. The molecule has 1 fully saturated rings. The molecule has 32 heavy (non-hydrogen) atoms. The Morgan fingerprint density at radius 2 is 1.62 bits per heavy atom. The Bertz CT molecular complexity index is 1020. The first-order valence-corrected chi connectivity index (χ1v) is 10.4. The molecule has 0 saturated carbocycles. The van der Waals surface area contributed by atoms with E-state index in [9.17, 15) is 14.4 Å². The van der Waals surface area contributed by atoms with Crippen LogP contribution in [0.3, 0.4) is 0 Å². The van der Waals surface area contributed by atoms with Crippen molar-refractivity contribution in [3.8, 4) is 0 Å². The summed E-state index contributed by atoms with van der Waals surface area (Å²) in [7, 11) is 0. The highest BCUT2D eigenvalue weighted by Gasteiger charge is 2.30. The van der Waals surface area contributed by atoms with E-state index >= 15 is 0 Å². The molecule has 166 valence electrons. The van der Waals surface area contributed by atoms with E-state index in [2.05, 4.69) is 30.8 Å². The van der Waals surface area contributed by atoms with Crippen molar-refractivity contribution >= 4 is 40.9 Å². The van der Waals surface area contributed by atoms with Gasteiger partial charge in [0.15, 0.2) is 0 Å². The highest BCUT2D eigenvalue weighted by molar-refractivity contribution is 6.06. The minimum absolute atomic E-state index is 0.00674. The van der Waals surface area contributed by atoms with Crippen molar-refractivity contribution in [3.63, 3.8) is 0 Å². The molecular formula is C22H25N7O3. The summed E-state index contributed by atoms with van der Waals surface area (Å²) in [4.78, 5) is 49.2. The highest BCUT2D eigenvalue weighted by Crippen LogP contribution is 2.17. The summed E-state index contributed by atoms with van der Waals surface area (Å²) in [5.41, 5.74) is 1.20. The lowest BCUT2D eigenvalue weighted by Gasteiger charge is -2.38. The van der Waals surface area contributed by atoms with Crippen LogP contribution in [0.1, 0.15) is 13.3 Å². The Hall–Kier alpha value is -3.95. The van der Waals surface area contributed by atoms with Crippen LogP contribution < -0.4 is 20.9 Å². The molecule has 0 aliphatic carbocycles. The topological polar surface area (TPSA) is 119 Å². The minimum atomic E-state index is -0.803. The molecule has 1 aromatic heterocycles. The van der Waals surface area contributed by atoms with Gasteiger partial charge in [0.2, 0.25) is 23.7 Å². The van der Waals surface area contributed by atoms with Crippen molar-refractivity contribution in [2.45, 2.75) is 19.4 Å². The molecule has 0 spiro atoms. The monoisotopic (exact) mass is 435 g/mol. The van der Waals surface area contributed by atoms with Gasteiger partial charge in [-0.15, -0.1) is 0 Å². The Kier molecular flexibility index (Phi) is 6.29. The molecule has 2 aliphatic heterocycles. The van der Waals surface area contributed by atoms with Crippen LogP contribution in [0.4, 0.5) is 17.2 Å². The molecule has 0 unspecified atom stereocenters. The average molecular weight is 435 g/mol. The van der Waals surface area contributed by atoms with Gasteiger partial charge in [0.05, 0.1) is 6.42 Å². The van der Waals surface area contributed by atoms with E-state index in [4.69, 9.17) is 0 Å². The number of carbonyl (C=O) groups excluding carboxylic acids is 3. The molecule has 10 heteroatoms. The lowest BCUT2D eigenvalue weighted by Crippen LogP contribution is -2.56. The Balaban J connectivity index is 1.38. The van der Waals surface area contributed by atoms with E-state index in [0.29, 0.717) is 30.4 Å². The number of rotatable bonds is 4. The summed E-state index contributed by atoms with van der Waals surface area (Å²) in [6.07, 6.45) is 1.76. The molecule has 0 radical (unpaired) electrons. The SMILES string of the molecule is CC(=O)Nc1ccc(NC(=O)[C@H]2CC(=O)NC(N3CCN(c4ccccn4)CC3)=N2)cc1. The van der Waals surface area contributed by atoms with Crippen molar-refractivity contribution < 1.29 is 14.4 Å². The molecule has 1 atom stereocenters. The highest BCUT2D eigenvalue weighted by atomic mass is 16.2. The largest absolute Gasteiger partial charge is 0.353 e. The van der Waals surface area contributed by atoms with Gasteiger partial charge >= 0.3 is 0 Å². The molecule has 1 aromatic carbocycles. The fraction of sp³-hybridized carbons (Fsp3) is 0.318. The van der Waals surface area contributed by atoms with Crippen LogP contribution in [0.25, 0.3) is 0 Å². The van der Waals surface area contributed by atoms with Crippen LogP contribution in [-0.4, -0.2) is 65.8 Å². The second-order valence-corrected chi connectivity index (χ2v) is 7.63. The van der Waals surface area contributed by atoms with Gasteiger partial charge in [0.25, 0.3) is 0 Å². The summed E-state index contributed by atoms with van der Waals surface area (Å²) in [6.45, 7) is 4.23. The molecule has 3 heterocycles. The summed E-state index contributed by atoms with van der Waals surface area (Å²) in [5.74, 6) is 0.601. The number of pyridine rings is 1. The fourth-order valence-corrected chi connectivity index (χ4v) is 3.64. The van der Waals surface area contributed by atoms with Crippen molar-refractivity contribution in [3.05, 3.63) is 48.7 Å².